The molecule has 0 spiro atoms. The lowest BCUT2D eigenvalue weighted by molar-refractivity contribution is -0.118. The smallest absolute Gasteiger partial charge is 0.226 e. The zero-order chi connectivity index (χ0) is 10.7. The molecule has 0 bridgehead atoms. The summed E-state index contributed by atoms with van der Waals surface area (Å²) in [6.45, 7) is 1.82. The largest absolute Gasteiger partial charge is 0.315 e. The van der Waals surface area contributed by atoms with E-state index in [1.54, 1.807) is 30.1 Å². The van der Waals surface area contributed by atoms with E-state index >= 15 is 0 Å². The Morgan fingerprint density at radius 3 is 2.50 bits per heavy atom. The Kier molecular flexibility index (Phi) is 3.78. The lowest BCUT2D eigenvalue weighted by Gasteiger charge is -2.16. The van der Waals surface area contributed by atoms with Crippen LogP contribution in [0.1, 0.15) is 13.3 Å². The van der Waals surface area contributed by atoms with Gasteiger partial charge in [-0.25, -0.2) is 0 Å². The van der Waals surface area contributed by atoms with Gasteiger partial charge in [0, 0.05) is 19.2 Å². The number of carbonyl (C=O) groups excluding carboxylic acids is 1. The molecule has 0 saturated carbocycles. The Balaban J connectivity index is 2.96. The van der Waals surface area contributed by atoms with Crippen LogP contribution in [0.25, 0.3) is 0 Å². The fraction of sp³-hybridized carbons (Fsp3) is 0.300. The van der Waals surface area contributed by atoms with E-state index in [9.17, 15) is 4.79 Å². The number of benzene rings is 1. The summed E-state index contributed by atoms with van der Waals surface area (Å²) in [7, 11) is 1.71. The maximum Gasteiger partial charge on any atom is 0.226 e. The van der Waals surface area contributed by atoms with Crippen LogP contribution in [0.2, 0.25) is 10.0 Å². The van der Waals surface area contributed by atoms with E-state index < -0.39 is 0 Å². The number of anilines is 1. The molecule has 0 aliphatic carbocycles. The summed E-state index contributed by atoms with van der Waals surface area (Å²) in [4.78, 5) is 12.9. The Morgan fingerprint density at radius 1 is 1.36 bits per heavy atom. The van der Waals surface area contributed by atoms with Crippen LogP contribution in [0.4, 0.5) is 5.69 Å². The minimum absolute atomic E-state index is 0.0448. The first-order valence-corrected chi connectivity index (χ1v) is 5.03. The summed E-state index contributed by atoms with van der Waals surface area (Å²) in [5, 5.41) is 0.952. The average molecular weight is 232 g/mol. The minimum atomic E-state index is 0.0448. The van der Waals surface area contributed by atoms with E-state index in [1.807, 2.05) is 6.92 Å². The summed E-state index contributed by atoms with van der Waals surface area (Å²) in [6.07, 6.45) is 0.469. The van der Waals surface area contributed by atoms with Gasteiger partial charge in [-0.2, -0.15) is 0 Å². The highest BCUT2D eigenvalue weighted by atomic mass is 35.5. The van der Waals surface area contributed by atoms with Crippen LogP contribution in [-0.4, -0.2) is 13.0 Å². The third kappa shape index (κ3) is 2.40. The second kappa shape index (κ2) is 4.67. The van der Waals surface area contributed by atoms with Gasteiger partial charge in [-0.15, -0.1) is 0 Å². The summed E-state index contributed by atoms with van der Waals surface area (Å²) in [5.41, 5.74) is 0.756. The van der Waals surface area contributed by atoms with Gasteiger partial charge in [-0.3, -0.25) is 4.79 Å². The van der Waals surface area contributed by atoms with Crippen LogP contribution >= 0.6 is 23.2 Å². The number of hydrogen-bond donors (Lipinski definition) is 0. The highest BCUT2D eigenvalue weighted by Crippen LogP contribution is 2.26. The minimum Gasteiger partial charge on any atom is -0.315 e. The second-order valence-corrected chi connectivity index (χ2v) is 3.72. The molecular formula is C10H11Cl2NO. The Labute approximate surface area is 93.4 Å². The predicted octanol–water partition coefficient (Wildman–Crippen LogP) is 3.37. The fourth-order valence-electron chi connectivity index (χ4n) is 1.07. The molecule has 0 radical (unpaired) electrons. The van der Waals surface area contributed by atoms with Gasteiger partial charge < -0.3 is 4.90 Å². The quantitative estimate of drug-likeness (QED) is 0.765. The number of hydrogen-bond acceptors (Lipinski definition) is 1. The van der Waals surface area contributed by atoms with Crippen molar-refractivity contribution in [2.45, 2.75) is 13.3 Å². The Bertz CT molecular complexity index is 352. The van der Waals surface area contributed by atoms with Crippen molar-refractivity contribution in [3.05, 3.63) is 28.2 Å². The Morgan fingerprint density at radius 2 is 2.00 bits per heavy atom. The highest BCUT2D eigenvalue weighted by molar-refractivity contribution is 6.42. The van der Waals surface area contributed by atoms with Crippen molar-refractivity contribution < 1.29 is 4.79 Å². The highest BCUT2D eigenvalue weighted by Gasteiger charge is 2.09. The molecule has 14 heavy (non-hydrogen) atoms. The van der Waals surface area contributed by atoms with E-state index in [-0.39, 0.29) is 5.91 Å². The van der Waals surface area contributed by atoms with Gasteiger partial charge >= 0.3 is 0 Å². The van der Waals surface area contributed by atoms with E-state index in [1.165, 1.54) is 0 Å². The second-order valence-electron chi connectivity index (χ2n) is 2.90. The van der Waals surface area contributed by atoms with Gasteiger partial charge in [0.2, 0.25) is 5.91 Å². The molecule has 0 aromatic heterocycles. The molecule has 0 aliphatic rings. The lowest BCUT2D eigenvalue weighted by Crippen LogP contribution is -2.24. The molecule has 2 nitrogen and oxygen atoms in total. The first kappa shape index (κ1) is 11.3. The molecule has 76 valence electrons. The van der Waals surface area contributed by atoms with Crippen molar-refractivity contribution >= 4 is 34.8 Å². The van der Waals surface area contributed by atoms with E-state index in [2.05, 4.69) is 0 Å². The van der Waals surface area contributed by atoms with E-state index in [0.29, 0.717) is 16.5 Å². The van der Waals surface area contributed by atoms with Crippen molar-refractivity contribution in [3.8, 4) is 0 Å². The topological polar surface area (TPSA) is 20.3 Å². The standard InChI is InChI=1S/C10H11Cl2NO/c1-3-10(14)13(2)7-4-5-8(11)9(12)6-7/h4-6H,3H2,1-2H3. The van der Waals surface area contributed by atoms with Crippen LogP contribution in [0.3, 0.4) is 0 Å². The number of carbonyl (C=O) groups is 1. The average Bonchev–Trinajstić information content (AvgIpc) is 2.20. The number of rotatable bonds is 2. The van der Waals surface area contributed by atoms with Gasteiger partial charge in [0.05, 0.1) is 10.0 Å². The van der Waals surface area contributed by atoms with Crippen molar-refractivity contribution in [3.63, 3.8) is 0 Å². The fourth-order valence-corrected chi connectivity index (χ4v) is 1.37. The Hall–Kier alpha value is -0.730. The third-order valence-corrected chi connectivity index (χ3v) is 2.71. The molecule has 0 heterocycles. The summed E-state index contributed by atoms with van der Waals surface area (Å²) < 4.78 is 0. The van der Waals surface area contributed by atoms with Gasteiger partial charge in [0.1, 0.15) is 0 Å². The summed E-state index contributed by atoms with van der Waals surface area (Å²) in [5.74, 6) is 0.0448. The third-order valence-electron chi connectivity index (χ3n) is 1.97. The molecule has 0 aliphatic heterocycles. The first-order chi connectivity index (χ1) is 6.56. The number of amides is 1. The van der Waals surface area contributed by atoms with Gasteiger partial charge in [-0.05, 0) is 18.2 Å². The molecule has 0 fully saturated rings. The molecule has 4 heteroatoms. The van der Waals surface area contributed by atoms with Crippen LogP contribution in [0, 0.1) is 0 Å². The monoisotopic (exact) mass is 231 g/mol. The normalized spacial score (nSPS) is 10.0. The van der Waals surface area contributed by atoms with Crippen LogP contribution in [0.15, 0.2) is 18.2 Å². The molecule has 0 saturated heterocycles. The molecule has 1 rings (SSSR count). The zero-order valence-electron chi connectivity index (χ0n) is 8.05. The zero-order valence-corrected chi connectivity index (χ0v) is 9.56. The van der Waals surface area contributed by atoms with Crippen LogP contribution in [-0.2, 0) is 4.79 Å². The van der Waals surface area contributed by atoms with Crippen LogP contribution in [0.5, 0.6) is 0 Å². The van der Waals surface area contributed by atoms with Gasteiger partial charge in [-0.1, -0.05) is 30.1 Å². The van der Waals surface area contributed by atoms with Crippen molar-refractivity contribution in [1.29, 1.82) is 0 Å². The molecular weight excluding hydrogens is 221 g/mol. The van der Waals surface area contributed by atoms with E-state index in [4.69, 9.17) is 23.2 Å². The molecule has 1 aromatic rings. The lowest BCUT2D eigenvalue weighted by atomic mass is 10.3. The van der Waals surface area contributed by atoms with Crippen molar-refractivity contribution in [2.24, 2.45) is 0 Å². The molecule has 1 amide bonds. The predicted molar refractivity (Wildman–Crippen MR) is 60.2 cm³/mol. The molecule has 0 unspecified atom stereocenters. The van der Waals surface area contributed by atoms with Gasteiger partial charge in [0.15, 0.2) is 0 Å². The molecule has 1 aromatic carbocycles. The SMILES string of the molecule is CCC(=O)N(C)c1ccc(Cl)c(Cl)c1. The van der Waals surface area contributed by atoms with Crippen LogP contribution < -0.4 is 4.90 Å². The maximum atomic E-state index is 11.4. The molecule has 0 N–H and O–H groups in total. The summed E-state index contributed by atoms with van der Waals surface area (Å²) >= 11 is 11.6. The van der Waals surface area contributed by atoms with Crippen molar-refractivity contribution in [2.75, 3.05) is 11.9 Å². The maximum absolute atomic E-state index is 11.4. The van der Waals surface area contributed by atoms with Crippen molar-refractivity contribution in [1.82, 2.24) is 0 Å². The van der Waals surface area contributed by atoms with Gasteiger partial charge in [0.25, 0.3) is 0 Å². The first-order valence-electron chi connectivity index (χ1n) is 4.28. The number of nitrogens with zero attached hydrogens (tertiary/aromatic N) is 1. The number of halogens is 2. The molecule has 0 atom stereocenters. The summed E-state index contributed by atoms with van der Waals surface area (Å²) in [6, 6.07) is 5.12. The van der Waals surface area contributed by atoms with E-state index in [0.717, 1.165) is 5.69 Å².